The van der Waals surface area contributed by atoms with Crippen molar-refractivity contribution in [1.82, 2.24) is 15.5 Å². The monoisotopic (exact) mass is 509 g/mol. The zero-order valence-corrected chi connectivity index (χ0v) is 22.0. The highest BCUT2D eigenvalue weighted by Gasteiger charge is 2.29. The number of fused-ring (bicyclic) bond motifs is 1. The number of nitrogens with zero attached hydrogens (tertiary/aromatic N) is 4. The largest absolute Gasteiger partial charge is 0.495 e. The van der Waals surface area contributed by atoms with Crippen molar-refractivity contribution < 1.29 is 14.1 Å². The number of benzene rings is 3. The third-order valence-corrected chi connectivity index (χ3v) is 7.43. The first kappa shape index (κ1) is 24.2. The van der Waals surface area contributed by atoms with Gasteiger partial charge < -0.3 is 24.4 Å². The highest BCUT2D eigenvalue weighted by molar-refractivity contribution is 6.08. The number of aryl methyl sites for hydroxylation is 2. The number of amides is 1. The van der Waals surface area contributed by atoms with Crippen LogP contribution in [0.1, 0.15) is 27.4 Å². The van der Waals surface area contributed by atoms with Crippen molar-refractivity contribution in [2.45, 2.75) is 20.3 Å². The summed E-state index contributed by atoms with van der Waals surface area (Å²) in [5.74, 6) is 2.02. The van der Waals surface area contributed by atoms with E-state index >= 15 is 0 Å². The molecule has 1 saturated heterocycles. The first-order valence-electron chi connectivity index (χ1n) is 13.0. The van der Waals surface area contributed by atoms with Gasteiger partial charge in [0.15, 0.2) is 0 Å². The molecule has 0 spiro atoms. The summed E-state index contributed by atoms with van der Waals surface area (Å²) in [5.41, 5.74) is 8.05. The van der Waals surface area contributed by atoms with Gasteiger partial charge in [-0.3, -0.25) is 4.79 Å². The van der Waals surface area contributed by atoms with Gasteiger partial charge in [0, 0.05) is 56.5 Å². The number of hydrogen-bond donors (Lipinski definition) is 1. The molecule has 8 heteroatoms. The number of ether oxygens (including phenoxy) is 1. The van der Waals surface area contributed by atoms with Crippen LogP contribution in [0.15, 0.2) is 59.1 Å². The van der Waals surface area contributed by atoms with Gasteiger partial charge in [-0.15, -0.1) is 0 Å². The molecule has 1 aromatic heterocycles. The SMILES string of the molecule is COc1cc2c(cc1N1CCNCC1)N(C(=O)c1ccc(-c3ccc(-c4noc(C)n4)cc3C)cc1)CC2. The van der Waals surface area contributed by atoms with Crippen LogP contribution in [0.4, 0.5) is 11.4 Å². The number of aromatic nitrogens is 2. The van der Waals surface area contributed by atoms with E-state index in [1.54, 1.807) is 14.0 Å². The van der Waals surface area contributed by atoms with Crippen LogP contribution in [0.25, 0.3) is 22.5 Å². The first-order valence-corrected chi connectivity index (χ1v) is 13.0. The van der Waals surface area contributed by atoms with E-state index in [4.69, 9.17) is 9.26 Å². The van der Waals surface area contributed by atoms with Crippen molar-refractivity contribution in [2.24, 2.45) is 0 Å². The predicted molar refractivity (Wildman–Crippen MR) is 148 cm³/mol. The smallest absolute Gasteiger partial charge is 0.258 e. The number of nitrogens with one attached hydrogen (secondary N) is 1. The lowest BCUT2D eigenvalue weighted by atomic mass is 9.97. The summed E-state index contributed by atoms with van der Waals surface area (Å²) < 4.78 is 10.8. The summed E-state index contributed by atoms with van der Waals surface area (Å²) in [7, 11) is 1.72. The summed E-state index contributed by atoms with van der Waals surface area (Å²) in [6.45, 7) is 8.22. The van der Waals surface area contributed by atoms with Crippen molar-refractivity contribution in [3.8, 4) is 28.3 Å². The van der Waals surface area contributed by atoms with Gasteiger partial charge in [0.25, 0.3) is 5.91 Å². The average molecular weight is 510 g/mol. The van der Waals surface area contributed by atoms with Crippen molar-refractivity contribution in [2.75, 3.05) is 49.6 Å². The lowest BCUT2D eigenvalue weighted by Gasteiger charge is -2.31. The quantitative estimate of drug-likeness (QED) is 0.420. The van der Waals surface area contributed by atoms with E-state index in [2.05, 4.69) is 51.5 Å². The fourth-order valence-electron chi connectivity index (χ4n) is 5.42. The Morgan fingerprint density at radius 2 is 1.71 bits per heavy atom. The number of carbonyl (C=O) groups excluding carboxylic acids is 1. The second-order valence-electron chi connectivity index (χ2n) is 9.84. The molecule has 2 aliphatic heterocycles. The molecule has 0 aliphatic carbocycles. The van der Waals surface area contributed by atoms with E-state index in [9.17, 15) is 4.79 Å². The molecule has 3 heterocycles. The van der Waals surface area contributed by atoms with E-state index in [1.165, 1.54) is 0 Å². The molecule has 0 atom stereocenters. The molecule has 0 saturated carbocycles. The maximum atomic E-state index is 13.6. The molecule has 6 rings (SSSR count). The van der Waals surface area contributed by atoms with Crippen molar-refractivity contribution in [1.29, 1.82) is 0 Å². The first-order chi connectivity index (χ1) is 18.5. The number of carbonyl (C=O) groups is 1. The van der Waals surface area contributed by atoms with Gasteiger partial charge in [0.05, 0.1) is 12.8 Å². The highest BCUT2D eigenvalue weighted by Crippen LogP contribution is 2.40. The molecular weight excluding hydrogens is 478 g/mol. The Hall–Kier alpha value is -4.17. The van der Waals surface area contributed by atoms with Crippen molar-refractivity contribution >= 4 is 17.3 Å². The molecule has 3 aromatic carbocycles. The maximum Gasteiger partial charge on any atom is 0.258 e. The van der Waals surface area contributed by atoms with Gasteiger partial charge in [0.1, 0.15) is 5.75 Å². The van der Waals surface area contributed by atoms with Crippen LogP contribution < -0.4 is 19.9 Å². The molecule has 38 heavy (non-hydrogen) atoms. The summed E-state index contributed by atoms with van der Waals surface area (Å²) in [4.78, 5) is 22.2. The minimum absolute atomic E-state index is 0.0197. The molecule has 194 valence electrons. The number of hydrogen-bond acceptors (Lipinski definition) is 7. The minimum Gasteiger partial charge on any atom is -0.495 e. The van der Waals surface area contributed by atoms with E-state index in [-0.39, 0.29) is 5.91 Å². The van der Waals surface area contributed by atoms with Crippen LogP contribution >= 0.6 is 0 Å². The highest BCUT2D eigenvalue weighted by atomic mass is 16.5. The van der Waals surface area contributed by atoms with Crippen molar-refractivity contribution in [3.05, 3.63) is 77.2 Å². The van der Waals surface area contributed by atoms with Gasteiger partial charge in [-0.1, -0.05) is 29.4 Å². The second-order valence-corrected chi connectivity index (χ2v) is 9.84. The lowest BCUT2D eigenvalue weighted by Crippen LogP contribution is -2.43. The molecule has 0 unspecified atom stereocenters. The van der Waals surface area contributed by atoms with E-state index in [1.807, 2.05) is 35.2 Å². The summed E-state index contributed by atoms with van der Waals surface area (Å²) in [6, 6.07) is 18.2. The fraction of sp³-hybridized carbons (Fsp3) is 0.300. The standard InChI is InChI=1S/C30H31N5O3/c1-19-16-24(29-32-20(2)38-33-29)8-9-25(19)21-4-6-22(7-5-21)30(36)35-13-10-23-17-28(37-3)27(18-26(23)35)34-14-11-31-12-15-34/h4-9,16-18,31H,10-15H2,1-3H3. The molecule has 0 bridgehead atoms. The fourth-order valence-corrected chi connectivity index (χ4v) is 5.42. The summed E-state index contributed by atoms with van der Waals surface area (Å²) in [5, 5.41) is 7.41. The maximum absolute atomic E-state index is 13.6. The molecule has 0 radical (unpaired) electrons. The topological polar surface area (TPSA) is 83.7 Å². The van der Waals surface area contributed by atoms with E-state index < -0.39 is 0 Å². The predicted octanol–water partition coefficient (Wildman–Crippen LogP) is 4.64. The Morgan fingerprint density at radius 1 is 0.947 bits per heavy atom. The Morgan fingerprint density at radius 3 is 2.39 bits per heavy atom. The van der Waals surface area contributed by atoms with Gasteiger partial charge >= 0.3 is 0 Å². The Labute approximate surface area is 222 Å². The van der Waals surface area contributed by atoms with Gasteiger partial charge in [0.2, 0.25) is 11.7 Å². The Bertz CT molecular complexity index is 1490. The third kappa shape index (κ3) is 4.41. The van der Waals surface area contributed by atoms with Crippen molar-refractivity contribution in [3.63, 3.8) is 0 Å². The van der Waals surface area contributed by atoms with Crippen LogP contribution in [-0.4, -0.2) is 55.9 Å². The van der Waals surface area contributed by atoms with Gasteiger partial charge in [-0.2, -0.15) is 4.98 Å². The number of methoxy groups -OCH3 is 1. The molecular formula is C30H31N5O3. The van der Waals surface area contributed by atoms with Crippen LogP contribution in [0, 0.1) is 13.8 Å². The Balaban J connectivity index is 1.24. The van der Waals surface area contributed by atoms with Crippen LogP contribution in [0.2, 0.25) is 0 Å². The third-order valence-electron chi connectivity index (χ3n) is 7.43. The number of rotatable bonds is 5. The average Bonchev–Trinajstić information content (AvgIpc) is 3.58. The minimum atomic E-state index is 0.0197. The van der Waals surface area contributed by atoms with Crippen LogP contribution in [-0.2, 0) is 6.42 Å². The number of anilines is 2. The summed E-state index contributed by atoms with van der Waals surface area (Å²) in [6.07, 6.45) is 0.822. The molecule has 4 aromatic rings. The molecule has 1 fully saturated rings. The second kappa shape index (κ2) is 9.95. The molecule has 1 N–H and O–H groups in total. The van der Waals surface area contributed by atoms with Crippen LogP contribution in [0.3, 0.4) is 0 Å². The zero-order chi connectivity index (χ0) is 26.2. The van der Waals surface area contributed by atoms with Gasteiger partial charge in [-0.05, 0) is 65.9 Å². The molecule has 2 aliphatic rings. The lowest BCUT2D eigenvalue weighted by molar-refractivity contribution is 0.0989. The van der Waals surface area contributed by atoms with Crippen LogP contribution in [0.5, 0.6) is 5.75 Å². The van der Waals surface area contributed by atoms with Gasteiger partial charge in [-0.25, -0.2) is 0 Å². The molecule has 1 amide bonds. The van der Waals surface area contributed by atoms with E-state index in [0.29, 0.717) is 23.8 Å². The normalized spacial score (nSPS) is 15.0. The molecule has 8 nitrogen and oxygen atoms in total. The number of piperazine rings is 1. The van der Waals surface area contributed by atoms with E-state index in [0.717, 1.165) is 77.5 Å². The zero-order valence-electron chi connectivity index (χ0n) is 22.0. The summed E-state index contributed by atoms with van der Waals surface area (Å²) >= 11 is 0. The Kier molecular flexibility index (Phi) is 6.33.